The fourth-order valence-electron chi connectivity index (χ4n) is 1.71. The molecule has 0 radical (unpaired) electrons. The van der Waals surface area contributed by atoms with Gasteiger partial charge in [0.25, 0.3) is 0 Å². The van der Waals surface area contributed by atoms with E-state index in [1.807, 2.05) is 36.4 Å². The molecule has 2 rings (SSSR count). The number of methoxy groups -OCH3 is 1. The van der Waals surface area contributed by atoms with Crippen molar-refractivity contribution in [1.29, 1.82) is 0 Å². The normalized spacial score (nSPS) is 10.1. The number of nitrogens with two attached hydrogens (primary N) is 1. The maximum Gasteiger partial charge on any atom is 0.123 e. The number of hydrogen-bond acceptors (Lipinski definition) is 3. The molecule has 0 saturated heterocycles. The molecule has 0 aliphatic carbocycles. The summed E-state index contributed by atoms with van der Waals surface area (Å²) < 4.78 is 6.43. The predicted molar refractivity (Wildman–Crippen MR) is 83.9 cm³/mol. The molecule has 0 aliphatic rings. The van der Waals surface area contributed by atoms with E-state index < -0.39 is 0 Å². The van der Waals surface area contributed by atoms with E-state index in [-0.39, 0.29) is 0 Å². The van der Waals surface area contributed by atoms with E-state index >= 15 is 0 Å². The van der Waals surface area contributed by atoms with Gasteiger partial charge in [0.2, 0.25) is 0 Å². The van der Waals surface area contributed by atoms with Gasteiger partial charge in [0.15, 0.2) is 0 Å². The van der Waals surface area contributed by atoms with Crippen molar-refractivity contribution in [3.05, 3.63) is 51.6 Å². The molecule has 0 heterocycles. The Morgan fingerprint density at radius 2 is 2.00 bits per heavy atom. The van der Waals surface area contributed by atoms with Crippen LogP contribution < -0.4 is 15.8 Å². The number of halogens is 1. The highest BCUT2D eigenvalue weighted by Crippen LogP contribution is 2.23. The lowest BCUT2D eigenvalue weighted by molar-refractivity contribution is 0.410. The molecule has 0 bridgehead atoms. The molecule has 2 aromatic carbocycles. The lowest BCUT2D eigenvalue weighted by atomic mass is 10.2. The summed E-state index contributed by atoms with van der Waals surface area (Å²) in [5, 5.41) is 3.39. The van der Waals surface area contributed by atoms with Gasteiger partial charge in [0.05, 0.1) is 7.11 Å². The Bertz CT molecular complexity index is 543. The number of benzene rings is 2. The molecule has 0 aromatic heterocycles. The fourth-order valence-corrected chi connectivity index (χ4v) is 2.44. The number of ether oxygens (including phenoxy) is 1. The summed E-state index contributed by atoms with van der Waals surface area (Å²) in [5.74, 6) is 0.899. The molecule has 0 spiro atoms. The second kappa shape index (κ2) is 5.95. The van der Waals surface area contributed by atoms with E-state index in [2.05, 4.69) is 34.0 Å². The van der Waals surface area contributed by atoms with E-state index in [1.54, 1.807) is 7.11 Å². The summed E-state index contributed by atoms with van der Waals surface area (Å²) in [6.07, 6.45) is 0. The summed E-state index contributed by atoms with van der Waals surface area (Å²) >= 11 is 2.27. The van der Waals surface area contributed by atoms with E-state index in [0.29, 0.717) is 0 Å². The fraction of sp³-hybridized carbons (Fsp3) is 0.143. The first kappa shape index (κ1) is 13.0. The molecule has 3 nitrogen and oxygen atoms in total. The average Bonchev–Trinajstić information content (AvgIpc) is 2.38. The Hall–Kier alpha value is -1.43. The van der Waals surface area contributed by atoms with Crippen LogP contribution in [0.1, 0.15) is 5.56 Å². The maximum atomic E-state index is 5.73. The van der Waals surface area contributed by atoms with Crippen LogP contribution in [0.3, 0.4) is 0 Å². The van der Waals surface area contributed by atoms with Crippen molar-refractivity contribution in [3.8, 4) is 5.75 Å². The summed E-state index contributed by atoms with van der Waals surface area (Å²) in [6.45, 7) is 0.726. The smallest absolute Gasteiger partial charge is 0.123 e. The van der Waals surface area contributed by atoms with Gasteiger partial charge >= 0.3 is 0 Å². The number of anilines is 2. The van der Waals surface area contributed by atoms with E-state index in [4.69, 9.17) is 10.5 Å². The van der Waals surface area contributed by atoms with Gasteiger partial charge in [0.1, 0.15) is 5.75 Å². The minimum absolute atomic E-state index is 0.726. The van der Waals surface area contributed by atoms with Crippen molar-refractivity contribution in [2.45, 2.75) is 6.54 Å². The lowest BCUT2D eigenvalue weighted by Crippen LogP contribution is -2.03. The highest BCUT2D eigenvalue weighted by atomic mass is 127. The molecular formula is C14H15IN2O. The quantitative estimate of drug-likeness (QED) is 0.653. The molecule has 0 aliphatic heterocycles. The zero-order valence-corrected chi connectivity index (χ0v) is 12.3. The molecule has 0 fully saturated rings. The highest BCUT2D eigenvalue weighted by Gasteiger charge is 2.03. The van der Waals surface area contributed by atoms with Gasteiger partial charge < -0.3 is 15.8 Å². The summed E-state index contributed by atoms with van der Waals surface area (Å²) in [5.41, 5.74) is 8.72. The van der Waals surface area contributed by atoms with Crippen molar-refractivity contribution in [2.24, 2.45) is 0 Å². The van der Waals surface area contributed by atoms with Crippen LogP contribution in [-0.4, -0.2) is 7.11 Å². The topological polar surface area (TPSA) is 47.3 Å². The van der Waals surface area contributed by atoms with Crippen molar-refractivity contribution in [3.63, 3.8) is 0 Å². The molecule has 3 N–H and O–H groups in total. The standard InChI is InChI=1S/C14H15IN2O/c1-18-14-5-3-2-4-10(14)9-17-13-7-6-11(16)8-12(13)15/h2-8,17H,9,16H2,1H3. The minimum Gasteiger partial charge on any atom is -0.496 e. The van der Waals surface area contributed by atoms with Crippen molar-refractivity contribution >= 4 is 34.0 Å². The number of nitrogen functional groups attached to an aromatic ring is 1. The van der Waals surface area contributed by atoms with Gasteiger partial charge in [-0.05, 0) is 46.9 Å². The predicted octanol–water partition coefficient (Wildman–Crippen LogP) is 3.49. The number of nitrogens with one attached hydrogen (secondary N) is 1. The van der Waals surface area contributed by atoms with Gasteiger partial charge in [-0.25, -0.2) is 0 Å². The third-order valence-corrected chi connectivity index (χ3v) is 3.55. The van der Waals surface area contributed by atoms with Crippen molar-refractivity contribution in [1.82, 2.24) is 0 Å². The van der Waals surface area contributed by atoms with Gasteiger partial charge in [-0.3, -0.25) is 0 Å². The third kappa shape index (κ3) is 3.07. The van der Waals surface area contributed by atoms with Crippen LogP contribution in [0.5, 0.6) is 5.75 Å². The first-order chi connectivity index (χ1) is 8.70. The van der Waals surface area contributed by atoms with E-state index in [1.165, 1.54) is 0 Å². The van der Waals surface area contributed by atoms with Gasteiger partial charge in [-0.2, -0.15) is 0 Å². The molecule has 4 heteroatoms. The summed E-state index contributed by atoms with van der Waals surface area (Å²) in [6, 6.07) is 13.8. The molecule has 0 unspecified atom stereocenters. The molecule has 94 valence electrons. The van der Waals surface area contributed by atoms with Crippen LogP contribution in [-0.2, 0) is 6.54 Å². The highest BCUT2D eigenvalue weighted by molar-refractivity contribution is 14.1. The third-order valence-electron chi connectivity index (χ3n) is 2.65. The number of para-hydroxylation sites is 1. The second-order valence-corrected chi connectivity index (χ2v) is 5.07. The lowest BCUT2D eigenvalue weighted by Gasteiger charge is -2.12. The Balaban J connectivity index is 2.11. The minimum atomic E-state index is 0.726. The average molecular weight is 354 g/mol. The first-order valence-corrected chi connectivity index (χ1v) is 6.69. The largest absolute Gasteiger partial charge is 0.496 e. The van der Waals surface area contributed by atoms with Crippen LogP contribution in [0.15, 0.2) is 42.5 Å². The Kier molecular flexibility index (Phi) is 4.30. The molecule has 18 heavy (non-hydrogen) atoms. The monoisotopic (exact) mass is 354 g/mol. The van der Waals surface area contributed by atoms with E-state index in [0.717, 1.165) is 32.8 Å². The van der Waals surface area contributed by atoms with Crippen LogP contribution >= 0.6 is 22.6 Å². The SMILES string of the molecule is COc1ccccc1CNc1ccc(N)cc1I. The molecular weight excluding hydrogens is 339 g/mol. The van der Waals surface area contributed by atoms with Crippen molar-refractivity contribution in [2.75, 3.05) is 18.2 Å². The van der Waals surface area contributed by atoms with Crippen LogP contribution in [0.25, 0.3) is 0 Å². The number of rotatable bonds is 4. The Labute approximate surface area is 120 Å². The van der Waals surface area contributed by atoms with Crippen molar-refractivity contribution < 1.29 is 4.74 Å². The summed E-state index contributed by atoms with van der Waals surface area (Å²) in [7, 11) is 1.69. The van der Waals surface area contributed by atoms with Crippen LogP contribution in [0.4, 0.5) is 11.4 Å². The molecule has 2 aromatic rings. The summed E-state index contributed by atoms with van der Waals surface area (Å²) in [4.78, 5) is 0. The van der Waals surface area contributed by atoms with Crippen LogP contribution in [0, 0.1) is 3.57 Å². The maximum absolute atomic E-state index is 5.73. The van der Waals surface area contributed by atoms with Crippen LogP contribution in [0.2, 0.25) is 0 Å². The first-order valence-electron chi connectivity index (χ1n) is 5.61. The molecule has 0 saturated carbocycles. The second-order valence-electron chi connectivity index (χ2n) is 3.90. The zero-order chi connectivity index (χ0) is 13.0. The van der Waals surface area contributed by atoms with E-state index in [9.17, 15) is 0 Å². The Morgan fingerprint density at radius 1 is 1.22 bits per heavy atom. The number of hydrogen-bond donors (Lipinski definition) is 2. The molecule has 0 atom stereocenters. The van der Waals surface area contributed by atoms with Gasteiger partial charge in [0, 0.05) is 27.1 Å². The van der Waals surface area contributed by atoms with Gasteiger partial charge in [-0.15, -0.1) is 0 Å². The molecule has 0 amide bonds. The van der Waals surface area contributed by atoms with Gasteiger partial charge in [-0.1, -0.05) is 18.2 Å². The zero-order valence-electron chi connectivity index (χ0n) is 10.1. The Morgan fingerprint density at radius 3 is 2.72 bits per heavy atom.